The van der Waals surface area contributed by atoms with Crippen LogP contribution in [0.2, 0.25) is 0 Å². The third kappa shape index (κ3) is 5.33. The number of rotatable bonds is 7. The van der Waals surface area contributed by atoms with E-state index >= 15 is 0 Å². The fraction of sp³-hybridized carbons (Fsp3) is 0.632. The van der Waals surface area contributed by atoms with E-state index in [-0.39, 0.29) is 18.2 Å². The Kier molecular flexibility index (Phi) is 7.06. The summed E-state index contributed by atoms with van der Waals surface area (Å²) < 4.78 is 16.8. The van der Waals surface area contributed by atoms with Crippen molar-refractivity contribution in [1.29, 1.82) is 0 Å². The number of unbranched alkanes of at least 4 members (excludes halogenated alkanes) is 2. The molecule has 1 heterocycles. The Bertz CT molecular complexity index is 504. The molecule has 4 heteroatoms. The molecule has 4 nitrogen and oxygen atoms in total. The van der Waals surface area contributed by atoms with E-state index < -0.39 is 0 Å². The Labute approximate surface area is 139 Å². The molecule has 0 radical (unpaired) electrons. The van der Waals surface area contributed by atoms with Gasteiger partial charge in [0.15, 0.2) is 6.29 Å². The van der Waals surface area contributed by atoms with Crippen molar-refractivity contribution >= 4 is 5.97 Å². The lowest BCUT2D eigenvalue weighted by molar-refractivity contribution is -0.208. The highest BCUT2D eigenvalue weighted by Gasteiger charge is 2.29. The van der Waals surface area contributed by atoms with E-state index in [1.807, 2.05) is 19.1 Å². The summed E-state index contributed by atoms with van der Waals surface area (Å²) in [6, 6.07) is 5.91. The second kappa shape index (κ2) is 9.04. The minimum absolute atomic E-state index is 0.170. The van der Waals surface area contributed by atoms with Gasteiger partial charge in [-0.05, 0) is 43.4 Å². The standard InChI is InChI=1S/C19H28O4/c1-4-6-7-8-18-21-12-16(13-22-18)19(20)23-17-10-9-15(5-2)11-14(17)3/h9-11,16,18H,4-8,12-13H2,1-3H3. The van der Waals surface area contributed by atoms with Crippen molar-refractivity contribution in [3.63, 3.8) is 0 Å². The van der Waals surface area contributed by atoms with Gasteiger partial charge in [-0.2, -0.15) is 0 Å². The first-order valence-electron chi connectivity index (χ1n) is 8.68. The monoisotopic (exact) mass is 320 g/mol. The van der Waals surface area contributed by atoms with Gasteiger partial charge in [-0.25, -0.2) is 0 Å². The molecule has 0 N–H and O–H groups in total. The number of aryl methyl sites for hydroxylation is 2. The number of hydrogen-bond acceptors (Lipinski definition) is 4. The van der Waals surface area contributed by atoms with Crippen LogP contribution in [0.5, 0.6) is 5.75 Å². The average Bonchev–Trinajstić information content (AvgIpc) is 2.57. The highest BCUT2D eigenvalue weighted by Crippen LogP contribution is 2.22. The Morgan fingerprint density at radius 2 is 1.96 bits per heavy atom. The van der Waals surface area contributed by atoms with Crippen LogP contribution in [0.15, 0.2) is 18.2 Å². The van der Waals surface area contributed by atoms with Crippen LogP contribution < -0.4 is 4.74 Å². The zero-order chi connectivity index (χ0) is 16.7. The third-order valence-corrected chi connectivity index (χ3v) is 4.20. The van der Waals surface area contributed by atoms with Gasteiger partial charge in [-0.15, -0.1) is 0 Å². The molecule has 0 bridgehead atoms. The first-order chi connectivity index (χ1) is 11.1. The number of hydrogen-bond donors (Lipinski definition) is 0. The van der Waals surface area contributed by atoms with Gasteiger partial charge < -0.3 is 14.2 Å². The van der Waals surface area contributed by atoms with Crippen molar-refractivity contribution in [2.75, 3.05) is 13.2 Å². The molecule has 0 aliphatic carbocycles. The molecular weight excluding hydrogens is 292 g/mol. The van der Waals surface area contributed by atoms with Crippen LogP contribution in [-0.2, 0) is 20.7 Å². The van der Waals surface area contributed by atoms with Crippen LogP contribution in [0.1, 0.15) is 50.7 Å². The largest absolute Gasteiger partial charge is 0.426 e. The summed E-state index contributed by atoms with van der Waals surface area (Å²) in [6.07, 6.45) is 5.15. The van der Waals surface area contributed by atoms with Crippen LogP contribution >= 0.6 is 0 Å². The van der Waals surface area contributed by atoms with Gasteiger partial charge in [0.05, 0.1) is 13.2 Å². The van der Waals surface area contributed by atoms with Crippen LogP contribution in [0.25, 0.3) is 0 Å². The lowest BCUT2D eigenvalue weighted by atomic mass is 10.1. The lowest BCUT2D eigenvalue weighted by Crippen LogP contribution is -2.38. The van der Waals surface area contributed by atoms with E-state index in [1.165, 1.54) is 18.4 Å². The quantitative estimate of drug-likeness (QED) is 0.432. The topological polar surface area (TPSA) is 44.8 Å². The molecule has 2 rings (SSSR count). The first-order valence-corrected chi connectivity index (χ1v) is 8.68. The maximum absolute atomic E-state index is 12.3. The Morgan fingerprint density at radius 1 is 1.22 bits per heavy atom. The average molecular weight is 320 g/mol. The third-order valence-electron chi connectivity index (χ3n) is 4.20. The molecule has 0 unspecified atom stereocenters. The van der Waals surface area contributed by atoms with Crippen molar-refractivity contribution < 1.29 is 19.0 Å². The van der Waals surface area contributed by atoms with Crippen LogP contribution in [0, 0.1) is 12.8 Å². The highest BCUT2D eigenvalue weighted by molar-refractivity contribution is 5.75. The molecule has 0 atom stereocenters. The first kappa shape index (κ1) is 18.0. The Hall–Kier alpha value is -1.39. The Balaban J connectivity index is 1.81. The SMILES string of the molecule is CCCCCC1OCC(C(=O)Oc2ccc(CC)cc2C)CO1. The summed E-state index contributed by atoms with van der Waals surface area (Å²) in [6.45, 7) is 6.99. The second-order valence-corrected chi connectivity index (χ2v) is 6.16. The second-order valence-electron chi connectivity index (χ2n) is 6.16. The highest BCUT2D eigenvalue weighted by atomic mass is 16.7. The number of ether oxygens (including phenoxy) is 3. The number of carbonyl (C=O) groups is 1. The maximum Gasteiger partial charge on any atom is 0.319 e. The summed E-state index contributed by atoms with van der Waals surface area (Å²) in [4.78, 5) is 12.3. The summed E-state index contributed by atoms with van der Waals surface area (Å²) >= 11 is 0. The molecule has 0 aromatic heterocycles. The molecular formula is C19H28O4. The molecule has 1 aromatic rings. The number of esters is 1. The van der Waals surface area contributed by atoms with E-state index in [4.69, 9.17) is 14.2 Å². The fourth-order valence-corrected chi connectivity index (χ4v) is 2.64. The molecule has 0 spiro atoms. The number of benzene rings is 1. The summed E-state index contributed by atoms with van der Waals surface area (Å²) in [7, 11) is 0. The molecule has 0 saturated carbocycles. The molecule has 1 aromatic carbocycles. The Morgan fingerprint density at radius 3 is 2.57 bits per heavy atom. The predicted octanol–water partition coefficient (Wildman–Crippen LogP) is 4.03. The summed E-state index contributed by atoms with van der Waals surface area (Å²) in [5.74, 6) is 0.00398. The predicted molar refractivity (Wildman–Crippen MR) is 89.5 cm³/mol. The minimum Gasteiger partial charge on any atom is -0.426 e. The van der Waals surface area contributed by atoms with Crippen LogP contribution in [-0.4, -0.2) is 25.5 Å². The minimum atomic E-state index is -0.345. The molecule has 1 saturated heterocycles. The zero-order valence-corrected chi connectivity index (χ0v) is 14.5. The van der Waals surface area contributed by atoms with Gasteiger partial charge in [0.2, 0.25) is 0 Å². The van der Waals surface area contributed by atoms with Gasteiger partial charge in [-0.1, -0.05) is 38.8 Å². The molecule has 1 fully saturated rings. The van der Waals surface area contributed by atoms with Crippen molar-refractivity contribution in [1.82, 2.24) is 0 Å². The molecule has 23 heavy (non-hydrogen) atoms. The van der Waals surface area contributed by atoms with Crippen molar-refractivity contribution in [2.24, 2.45) is 5.92 Å². The van der Waals surface area contributed by atoms with Gasteiger partial charge in [-0.3, -0.25) is 4.79 Å². The van der Waals surface area contributed by atoms with E-state index in [9.17, 15) is 4.79 Å². The summed E-state index contributed by atoms with van der Waals surface area (Å²) in [5, 5.41) is 0. The van der Waals surface area contributed by atoms with Crippen LogP contribution in [0.3, 0.4) is 0 Å². The van der Waals surface area contributed by atoms with Gasteiger partial charge >= 0.3 is 5.97 Å². The van der Waals surface area contributed by atoms with Gasteiger partial charge in [0.1, 0.15) is 11.7 Å². The van der Waals surface area contributed by atoms with E-state index in [0.717, 1.165) is 24.8 Å². The van der Waals surface area contributed by atoms with Crippen molar-refractivity contribution in [3.05, 3.63) is 29.3 Å². The molecule has 128 valence electrons. The van der Waals surface area contributed by atoms with E-state index in [1.54, 1.807) is 0 Å². The lowest BCUT2D eigenvalue weighted by Gasteiger charge is -2.28. The fourth-order valence-electron chi connectivity index (χ4n) is 2.64. The van der Waals surface area contributed by atoms with Crippen molar-refractivity contribution in [3.8, 4) is 5.75 Å². The van der Waals surface area contributed by atoms with Crippen molar-refractivity contribution in [2.45, 2.75) is 59.2 Å². The van der Waals surface area contributed by atoms with Gasteiger partial charge in [0, 0.05) is 0 Å². The zero-order valence-electron chi connectivity index (χ0n) is 14.5. The smallest absolute Gasteiger partial charge is 0.319 e. The normalized spacial score (nSPS) is 21.2. The molecule has 1 aliphatic heterocycles. The van der Waals surface area contributed by atoms with E-state index in [0.29, 0.717) is 19.0 Å². The molecule has 0 amide bonds. The maximum atomic E-state index is 12.3. The van der Waals surface area contributed by atoms with Crippen LogP contribution in [0.4, 0.5) is 0 Å². The summed E-state index contributed by atoms with van der Waals surface area (Å²) in [5.41, 5.74) is 2.22. The van der Waals surface area contributed by atoms with E-state index in [2.05, 4.69) is 19.9 Å². The van der Waals surface area contributed by atoms with Gasteiger partial charge in [0.25, 0.3) is 0 Å². The molecule has 1 aliphatic rings. The number of carbonyl (C=O) groups excluding carboxylic acids is 1.